The van der Waals surface area contributed by atoms with Gasteiger partial charge in [0.15, 0.2) is 0 Å². The third kappa shape index (κ3) is 2.74. The number of carboxylic acids is 1. The minimum atomic E-state index is -1.04. The lowest BCUT2D eigenvalue weighted by Gasteiger charge is -2.38. The zero-order valence-corrected chi connectivity index (χ0v) is 12.1. The molecule has 1 aliphatic rings. The maximum atomic E-state index is 12.6. The van der Waals surface area contributed by atoms with E-state index in [0.29, 0.717) is 25.9 Å². The smallest absolute Gasteiger partial charge is 0.329 e. The Bertz CT molecular complexity index is 368. The van der Waals surface area contributed by atoms with Crippen LogP contribution in [0.2, 0.25) is 0 Å². The predicted octanol–water partition coefficient (Wildman–Crippen LogP) is 2.33. The maximum absolute atomic E-state index is 12.6. The van der Waals surface area contributed by atoms with Gasteiger partial charge < -0.3 is 14.9 Å². The average molecular weight is 268 g/mol. The van der Waals surface area contributed by atoms with E-state index in [9.17, 15) is 14.7 Å². The Kier molecular flexibility index (Phi) is 4.97. The van der Waals surface area contributed by atoms with E-state index in [2.05, 4.69) is 6.58 Å². The van der Waals surface area contributed by atoms with Gasteiger partial charge in [0, 0.05) is 19.1 Å². The highest BCUT2D eigenvalue weighted by molar-refractivity contribution is 5.87. The minimum Gasteiger partial charge on any atom is -0.479 e. The molecular weight excluding hydrogens is 244 g/mol. The molecular formula is C14H24N2O3. The predicted molar refractivity (Wildman–Crippen MR) is 74.0 cm³/mol. The van der Waals surface area contributed by atoms with Crippen molar-refractivity contribution in [3.63, 3.8) is 0 Å². The van der Waals surface area contributed by atoms with Crippen LogP contribution in [-0.4, -0.2) is 51.6 Å². The molecule has 5 heteroatoms. The summed E-state index contributed by atoms with van der Waals surface area (Å²) < 4.78 is 0. The van der Waals surface area contributed by atoms with Crippen LogP contribution < -0.4 is 0 Å². The highest BCUT2D eigenvalue weighted by Gasteiger charge is 2.49. The van der Waals surface area contributed by atoms with Crippen LogP contribution in [0.5, 0.6) is 0 Å². The summed E-state index contributed by atoms with van der Waals surface area (Å²) in [4.78, 5) is 27.4. The molecule has 0 spiro atoms. The van der Waals surface area contributed by atoms with Gasteiger partial charge in [-0.05, 0) is 33.1 Å². The number of carboxylic acid groups (broad SMARTS) is 1. The van der Waals surface area contributed by atoms with E-state index in [1.807, 2.05) is 20.8 Å². The number of rotatable bonds is 5. The van der Waals surface area contributed by atoms with Crippen molar-refractivity contribution in [1.82, 2.24) is 9.80 Å². The van der Waals surface area contributed by atoms with Gasteiger partial charge in [0.2, 0.25) is 0 Å². The molecule has 1 aliphatic heterocycles. The largest absolute Gasteiger partial charge is 0.479 e. The summed E-state index contributed by atoms with van der Waals surface area (Å²) in [5.41, 5.74) is -1.04. The second-order valence-electron chi connectivity index (χ2n) is 5.26. The first kappa shape index (κ1) is 15.5. The van der Waals surface area contributed by atoms with Crippen molar-refractivity contribution >= 4 is 12.0 Å². The highest BCUT2D eigenvalue weighted by Crippen LogP contribution is 2.33. The second kappa shape index (κ2) is 6.08. The lowest BCUT2D eigenvalue weighted by atomic mass is 9.93. The SMILES string of the molecule is C=CCN(C(=O)N1CCCC1(CC)C(=O)O)C(C)C. The summed E-state index contributed by atoms with van der Waals surface area (Å²) in [5.74, 6) is -0.900. The van der Waals surface area contributed by atoms with E-state index in [-0.39, 0.29) is 12.1 Å². The number of aliphatic carboxylic acids is 1. The van der Waals surface area contributed by atoms with Gasteiger partial charge in [-0.1, -0.05) is 13.0 Å². The Morgan fingerprint density at radius 2 is 2.16 bits per heavy atom. The Morgan fingerprint density at radius 1 is 1.53 bits per heavy atom. The normalized spacial score (nSPS) is 22.6. The van der Waals surface area contributed by atoms with Crippen molar-refractivity contribution < 1.29 is 14.7 Å². The molecule has 1 atom stereocenters. The van der Waals surface area contributed by atoms with Crippen LogP contribution in [0, 0.1) is 0 Å². The molecule has 1 unspecified atom stereocenters. The molecule has 5 nitrogen and oxygen atoms in total. The van der Waals surface area contributed by atoms with Gasteiger partial charge in [0.1, 0.15) is 5.54 Å². The molecule has 2 amide bonds. The third-order valence-electron chi connectivity index (χ3n) is 3.90. The molecule has 0 aliphatic carbocycles. The van der Waals surface area contributed by atoms with Gasteiger partial charge in [0.25, 0.3) is 0 Å². The Morgan fingerprint density at radius 3 is 2.58 bits per heavy atom. The molecule has 1 N–H and O–H groups in total. The number of carbonyl (C=O) groups excluding carboxylic acids is 1. The molecule has 19 heavy (non-hydrogen) atoms. The molecule has 0 bridgehead atoms. The number of carbonyl (C=O) groups is 2. The van der Waals surface area contributed by atoms with E-state index in [1.54, 1.807) is 11.0 Å². The highest BCUT2D eigenvalue weighted by atomic mass is 16.4. The number of likely N-dealkylation sites (tertiary alicyclic amines) is 1. The first-order valence-electron chi connectivity index (χ1n) is 6.83. The van der Waals surface area contributed by atoms with E-state index in [1.165, 1.54) is 4.90 Å². The summed E-state index contributed by atoms with van der Waals surface area (Å²) in [7, 11) is 0. The molecule has 0 saturated carbocycles. The molecule has 0 aromatic carbocycles. The number of nitrogens with zero attached hydrogens (tertiary/aromatic N) is 2. The van der Waals surface area contributed by atoms with E-state index in [0.717, 1.165) is 6.42 Å². The Hall–Kier alpha value is -1.52. The lowest BCUT2D eigenvalue weighted by Crippen LogP contribution is -2.57. The van der Waals surface area contributed by atoms with Crippen LogP contribution in [0.1, 0.15) is 40.0 Å². The summed E-state index contributed by atoms with van der Waals surface area (Å²) >= 11 is 0. The number of urea groups is 1. The zero-order chi connectivity index (χ0) is 14.6. The van der Waals surface area contributed by atoms with Crippen molar-refractivity contribution in [3.05, 3.63) is 12.7 Å². The molecule has 108 valence electrons. The monoisotopic (exact) mass is 268 g/mol. The molecule has 0 radical (unpaired) electrons. The van der Waals surface area contributed by atoms with Gasteiger partial charge in [-0.15, -0.1) is 6.58 Å². The van der Waals surface area contributed by atoms with Gasteiger partial charge in [0.05, 0.1) is 0 Å². The van der Waals surface area contributed by atoms with Gasteiger partial charge in [-0.3, -0.25) is 0 Å². The average Bonchev–Trinajstić information content (AvgIpc) is 2.79. The van der Waals surface area contributed by atoms with Crippen LogP contribution in [0.3, 0.4) is 0 Å². The Balaban J connectivity index is 3.02. The van der Waals surface area contributed by atoms with E-state index >= 15 is 0 Å². The fourth-order valence-electron chi connectivity index (χ4n) is 2.70. The van der Waals surface area contributed by atoms with Crippen LogP contribution in [0.25, 0.3) is 0 Å². The van der Waals surface area contributed by atoms with Crippen molar-refractivity contribution in [1.29, 1.82) is 0 Å². The minimum absolute atomic E-state index is 0.0226. The first-order valence-corrected chi connectivity index (χ1v) is 6.83. The summed E-state index contributed by atoms with van der Waals surface area (Å²) in [6.07, 6.45) is 3.38. The fraction of sp³-hybridized carbons (Fsp3) is 0.714. The number of amides is 2. The van der Waals surface area contributed by atoms with E-state index in [4.69, 9.17) is 0 Å². The van der Waals surface area contributed by atoms with Crippen molar-refractivity contribution in [2.75, 3.05) is 13.1 Å². The number of hydrogen-bond acceptors (Lipinski definition) is 2. The number of hydrogen-bond donors (Lipinski definition) is 1. The van der Waals surface area contributed by atoms with Gasteiger partial charge in [-0.2, -0.15) is 0 Å². The standard InChI is InChI=1S/C14H24N2O3/c1-5-9-15(11(3)4)13(19)16-10-7-8-14(16,6-2)12(17)18/h5,11H,1,6-10H2,2-4H3,(H,17,18). The second-order valence-corrected chi connectivity index (χ2v) is 5.26. The Labute approximate surface area is 114 Å². The topological polar surface area (TPSA) is 60.9 Å². The quantitative estimate of drug-likeness (QED) is 0.778. The fourth-order valence-corrected chi connectivity index (χ4v) is 2.70. The van der Waals surface area contributed by atoms with Crippen molar-refractivity contribution in [3.8, 4) is 0 Å². The van der Waals surface area contributed by atoms with Crippen LogP contribution in [-0.2, 0) is 4.79 Å². The lowest BCUT2D eigenvalue weighted by molar-refractivity contribution is -0.148. The van der Waals surface area contributed by atoms with Crippen LogP contribution >= 0.6 is 0 Å². The van der Waals surface area contributed by atoms with Crippen LogP contribution in [0.4, 0.5) is 4.79 Å². The first-order chi connectivity index (χ1) is 8.90. The third-order valence-corrected chi connectivity index (χ3v) is 3.90. The van der Waals surface area contributed by atoms with Gasteiger partial charge >= 0.3 is 12.0 Å². The zero-order valence-electron chi connectivity index (χ0n) is 12.1. The maximum Gasteiger partial charge on any atom is 0.329 e. The molecule has 0 aromatic rings. The van der Waals surface area contributed by atoms with E-state index < -0.39 is 11.5 Å². The van der Waals surface area contributed by atoms with Crippen LogP contribution in [0.15, 0.2) is 12.7 Å². The summed E-state index contributed by atoms with van der Waals surface area (Å²) in [6, 6.07) is -0.175. The summed E-state index contributed by atoms with van der Waals surface area (Å²) in [6.45, 7) is 10.3. The molecule has 1 saturated heterocycles. The summed E-state index contributed by atoms with van der Waals surface area (Å²) in [5, 5.41) is 9.50. The molecule has 1 rings (SSSR count). The molecule has 0 aromatic heterocycles. The van der Waals surface area contributed by atoms with Crippen molar-refractivity contribution in [2.24, 2.45) is 0 Å². The van der Waals surface area contributed by atoms with Crippen molar-refractivity contribution in [2.45, 2.75) is 51.6 Å². The van der Waals surface area contributed by atoms with Gasteiger partial charge in [-0.25, -0.2) is 9.59 Å². The molecule has 1 heterocycles. The molecule has 1 fully saturated rings.